The predicted octanol–water partition coefficient (Wildman–Crippen LogP) is 5.85. The number of aromatic nitrogens is 2. The van der Waals surface area contributed by atoms with Crippen LogP contribution in [-0.2, 0) is 20.7 Å². The number of nitrogens with one attached hydrogen (secondary N) is 3. The predicted molar refractivity (Wildman–Crippen MR) is 159 cm³/mol. The van der Waals surface area contributed by atoms with Crippen LogP contribution < -0.4 is 16.0 Å². The third kappa shape index (κ3) is 9.97. The Morgan fingerprint density at radius 2 is 1.54 bits per heavy atom. The maximum Gasteiger partial charge on any atom is 0.408 e. The van der Waals surface area contributed by atoms with Crippen molar-refractivity contribution in [1.29, 1.82) is 0 Å². The molecule has 0 unspecified atom stereocenters. The molecule has 1 aromatic heterocycles. The van der Waals surface area contributed by atoms with Crippen molar-refractivity contribution >= 4 is 23.9 Å². The number of benzene rings is 2. The fourth-order valence-electron chi connectivity index (χ4n) is 3.96. The Bertz CT molecular complexity index is 1340. The number of anilines is 1. The molecule has 3 aromatic rings. The number of para-hydroxylation sites is 1. The van der Waals surface area contributed by atoms with Gasteiger partial charge in [0.05, 0.1) is 17.9 Å². The molecule has 0 aliphatic rings. The Hall–Kier alpha value is -4.34. The SMILES string of the molecule is CCCc1cccc(-c2cc(NC(=O)[C@@H](CNC(=O)OC(C)(C)C)NC(=O)OC(C)(C)C)nn2-c2ccccc2)c1. The van der Waals surface area contributed by atoms with Gasteiger partial charge in [-0.05, 0) is 71.7 Å². The molecule has 0 saturated heterocycles. The van der Waals surface area contributed by atoms with Crippen LogP contribution in [0.3, 0.4) is 0 Å². The molecule has 10 heteroatoms. The van der Waals surface area contributed by atoms with Gasteiger partial charge in [0.2, 0.25) is 5.91 Å². The van der Waals surface area contributed by atoms with E-state index in [2.05, 4.69) is 40.1 Å². The zero-order valence-electron chi connectivity index (χ0n) is 24.9. The van der Waals surface area contributed by atoms with Crippen molar-refractivity contribution in [3.8, 4) is 16.9 Å². The lowest BCUT2D eigenvalue weighted by molar-refractivity contribution is -0.118. The highest BCUT2D eigenvalue weighted by molar-refractivity contribution is 5.96. The minimum Gasteiger partial charge on any atom is -0.444 e. The Balaban J connectivity index is 1.89. The number of alkyl carbamates (subject to hydrolysis) is 2. The van der Waals surface area contributed by atoms with Gasteiger partial charge >= 0.3 is 12.2 Å². The molecular formula is C31H41N5O5. The first-order valence-corrected chi connectivity index (χ1v) is 13.8. The first-order chi connectivity index (χ1) is 19.2. The van der Waals surface area contributed by atoms with E-state index in [1.165, 1.54) is 5.56 Å². The van der Waals surface area contributed by atoms with Crippen molar-refractivity contribution in [3.05, 3.63) is 66.2 Å². The van der Waals surface area contributed by atoms with E-state index in [0.29, 0.717) is 0 Å². The number of hydrogen-bond donors (Lipinski definition) is 3. The van der Waals surface area contributed by atoms with Crippen molar-refractivity contribution < 1.29 is 23.9 Å². The number of ether oxygens (including phenoxy) is 2. The average Bonchev–Trinajstić information content (AvgIpc) is 3.29. The van der Waals surface area contributed by atoms with E-state index in [-0.39, 0.29) is 12.4 Å². The molecule has 0 radical (unpaired) electrons. The quantitative estimate of drug-likeness (QED) is 0.300. The van der Waals surface area contributed by atoms with Gasteiger partial charge in [-0.1, -0.05) is 49.7 Å². The monoisotopic (exact) mass is 563 g/mol. The van der Waals surface area contributed by atoms with Gasteiger partial charge in [-0.3, -0.25) is 4.79 Å². The van der Waals surface area contributed by atoms with Crippen molar-refractivity contribution in [3.63, 3.8) is 0 Å². The summed E-state index contributed by atoms with van der Waals surface area (Å²) in [5, 5.41) is 12.5. The molecule has 0 fully saturated rings. The van der Waals surface area contributed by atoms with Crippen LogP contribution in [0.1, 0.15) is 60.5 Å². The van der Waals surface area contributed by atoms with E-state index in [0.717, 1.165) is 29.8 Å². The highest BCUT2D eigenvalue weighted by atomic mass is 16.6. The third-order valence-corrected chi connectivity index (χ3v) is 5.58. The van der Waals surface area contributed by atoms with Gasteiger partial charge in [0.1, 0.15) is 17.2 Å². The Kier molecular flexibility index (Phi) is 10.2. The van der Waals surface area contributed by atoms with Crippen LogP contribution in [-0.4, -0.2) is 51.7 Å². The summed E-state index contributed by atoms with van der Waals surface area (Å²) in [6.07, 6.45) is 0.446. The summed E-state index contributed by atoms with van der Waals surface area (Å²) in [4.78, 5) is 38.2. The number of amides is 3. The van der Waals surface area contributed by atoms with Crippen LogP contribution in [0, 0.1) is 0 Å². The smallest absolute Gasteiger partial charge is 0.408 e. The first kappa shape index (κ1) is 31.2. The van der Waals surface area contributed by atoms with Crippen LogP contribution in [0.2, 0.25) is 0 Å². The molecule has 2 aromatic carbocycles. The summed E-state index contributed by atoms with van der Waals surface area (Å²) < 4.78 is 12.4. The molecule has 220 valence electrons. The van der Waals surface area contributed by atoms with Crippen LogP contribution in [0.5, 0.6) is 0 Å². The number of carbonyl (C=O) groups is 3. The zero-order chi connectivity index (χ0) is 30.2. The van der Waals surface area contributed by atoms with Crippen LogP contribution in [0.15, 0.2) is 60.7 Å². The average molecular weight is 564 g/mol. The lowest BCUT2D eigenvalue weighted by Gasteiger charge is -2.24. The Morgan fingerprint density at radius 3 is 2.17 bits per heavy atom. The minimum atomic E-state index is -1.17. The van der Waals surface area contributed by atoms with Crippen LogP contribution in [0.25, 0.3) is 16.9 Å². The highest BCUT2D eigenvalue weighted by Crippen LogP contribution is 2.27. The molecule has 0 saturated carbocycles. The molecule has 3 amide bonds. The van der Waals surface area contributed by atoms with Gasteiger partial charge in [-0.15, -0.1) is 5.10 Å². The summed E-state index contributed by atoms with van der Waals surface area (Å²) in [6, 6.07) is 18.4. The molecule has 0 bridgehead atoms. The van der Waals surface area contributed by atoms with E-state index >= 15 is 0 Å². The molecule has 3 rings (SSSR count). The fourth-order valence-corrected chi connectivity index (χ4v) is 3.96. The lowest BCUT2D eigenvalue weighted by atomic mass is 10.0. The molecule has 3 N–H and O–H groups in total. The number of rotatable bonds is 9. The standard InChI is InChI=1S/C31H41N5O5/c1-8-13-21-14-12-15-22(18-21)25-19-26(35-36(25)23-16-10-9-11-17-23)34-27(37)24(33-29(39)41-31(5,6)7)20-32-28(38)40-30(2,3)4/h9-12,14-19,24H,8,13,20H2,1-7H3,(H,32,38)(H,33,39)(H,34,35,37)/t24-/m1/s1. The Labute approximate surface area is 241 Å². The van der Waals surface area contributed by atoms with E-state index in [4.69, 9.17) is 9.47 Å². The summed E-state index contributed by atoms with van der Waals surface area (Å²) in [5.74, 6) is -0.307. The van der Waals surface area contributed by atoms with E-state index in [9.17, 15) is 14.4 Å². The molecule has 1 heterocycles. The number of carbonyl (C=O) groups excluding carboxylic acids is 3. The van der Waals surface area contributed by atoms with Crippen molar-refractivity contribution in [2.45, 2.75) is 78.6 Å². The first-order valence-electron chi connectivity index (χ1n) is 13.8. The molecule has 1 atom stereocenters. The number of nitrogens with zero attached hydrogens (tertiary/aromatic N) is 2. The van der Waals surface area contributed by atoms with Gasteiger partial charge in [-0.25, -0.2) is 14.3 Å². The molecule has 0 spiro atoms. The number of aryl methyl sites for hydroxylation is 1. The van der Waals surface area contributed by atoms with Crippen LogP contribution in [0.4, 0.5) is 15.4 Å². The van der Waals surface area contributed by atoms with Crippen LogP contribution >= 0.6 is 0 Å². The summed E-state index contributed by atoms with van der Waals surface area (Å²) in [5.41, 5.74) is 2.25. The minimum absolute atomic E-state index is 0.231. The lowest BCUT2D eigenvalue weighted by Crippen LogP contribution is -2.52. The second-order valence-corrected chi connectivity index (χ2v) is 11.7. The van der Waals surface area contributed by atoms with E-state index < -0.39 is 35.3 Å². The second-order valence-electron chi connectivity index (χ2n) is 11.7. The highest BCUT2D eigenvalue weighted by Gasteiger charge is 2.27. The molecule has 41 heavy (non-hydrogen) atoms. The zero-order valence-corrected chi connectivity index (χ0v) is 24.9. The Morgan fingerprint density at radius 1 is 0.878 bits per heavy atom. The van der Waals surface area contributed by atoms with Crippen molar-refractivity contribution in [2.24, 2.45) is 0 Å². The number of hydrogen-bond acceptors (Lipinski definition) is 6. The van der Waals surface area contributed by atoms with E-state index in [1.807, 2.05) is 42.5 Å². The van der Waals surface area contributed by atoms with Gasteiger partial charge < -0.3 is 25.4 Å². The summed E-state index contributed by atoms with van der Waals surface area (Å²) in [7, 11) is 0. The summed E-state index contributed by atoms with van der Waals surface area (Å²) in [6.45, 7) is 12.2. The van der Waals surface area contributed by atoms with Gasteiger partial charge in [0.15, 0.2) is 5.82 Å². The van der Waals surface area contributed by atoms with Gasteiger partial charge in [0.25, 0.3) is 0 Å². The fraction of sp³-hybridized carbons (Fsp3) is 0.419. The topological polar surface area (TPSA) is 124 Å². The molecule has 10 nitrogen and oxygen atoms in total. The molecule has 0 aliphatic carbocycles. The largest absolute Gasteiger partial charge is 0.444 e. The van der Waals surface area contributed by atoms with Crippen molar-refractivity contribution in [2.75, 3.05) is 11.9 Å². The maximum absolute atomic E-state index is 13.4. The third-order valence-electron chi connectivity index (χ3n) is 5.58. The maximum atomic E-state index is 13.4. The van der Waals surface area contributed by atoms with Gasteiger partial charge in [0, 0.05) is 11.6 Å². The summed E-state index contributed by atoms with van der Waals surface area (Å²) >= 11 is 0. The van der Waals surface area contributed by atoms with Gasteiger partial charge in [-0.2, -0.15) is 0 Å². The molecular weight excluding hydrogens is 522 g/mol. The second kappa shape index (κ2) is 13.3. The molecule has 0 aliphatic heterocycles. The van der Waals surface area contributed by atoms with E-state index in [1.54, 1.807) is 52.3 Å². The van der Waals surface area contributed by atoms with Crippen molar-refractivity contribution in [1.82, 2.24) is 20.4 Å². The normalized spacial score (nSPS) is 12.3.